The third-order valence-corrected chi connectivity index (χ3v) is 3.51. The van der Waals surface area contributed by atoms with Crippen LogP contribution in [0.1, 0.15) is 5.56 Å². The van der Waals surface area contributed by atoms with Crippen molar-refractivity contribution in [3.63, 3.8) is 0 Å². The normalized spacial score (nSPS) is 10.1. The summed E-state index contributed by atoms with van der Waals surface area (Å²) in [5, 5.41) is 4.61. The summed E-state index contributed by atoms with van der Waals surface area (Å²) < 4.78 is 10.6. The Labute approximate surface area is 135 Å². The summed E-state index contributed by atoms with van der Waals surface area (Å²) in [6, 6.07) is 14.2. The zero-order valence-corrected chi connectivity index (χ0v) is 13.4. The largest absolute Gasteiger partial charge is 0.497 e. The maximum atomic E-state index is 5.37. The number of hydrogen-bond acceptors (Lipinski definition) is 3. The maximum Gasteiger partial charge on any atom is 0.142 e. The number of aromatic amines is 1. The number of rotatable bonds is 5. The van der Waals surface area contributed by atoms with Gasteiger partial charge in [-0.1, -0.05) is 6.07 Å². The lowest BCUT2D eigenvalue weighted by molar-refractivity contribution is 0.404. The van der Waals surface area contributed by atoms with Crippen molar-refractivity contribution in [3.05, 3.63) is 54.2 Å². The number of halogens is 1. The van der Waals surface area contributed by atoms with E-state index in [0.29, 0.717) is 0 Å². The average molecular weight is 319 g/mol. The Balaban J connectivity index is 0.00000176. The predicted molar refractivity (Wildman–Crippen MR) is 92.4 cm³/mol. The van der Waals surface area contributed by atoms with Gasteiger partial charge in [-0.3, -0.25) is 0 Å². The molecule has 0 saturated heterocycles. The highest BCUT2D eigenvalue weighted by Crippen LogP contribution is 2.29. The van der Waals surface area contributed by atoms with Gasteiger partial charge < -0.3 is 19.8 Å². The summed E-state index contributed by atoms with van der Waals surface area (Å²) in [6.07, 6.45) is 1.95. The van der Waals surface area contributed by atoms with Gasteiger partial charge in [0.25, 0.3) is 0 Å². The third-order valence-electron chi connectivity index (χ3n) is 3.51. The van der Waals surface area contributed by atoms with Crippen molar-refractivity contribution in [3.8, 4) is 11.5 Å². The molecule has 0 amide bonds. The number of methoxy groups -OCH3 is 2. The van der Waals surface area contributed by atoms with Crippen LogP contribution in [0.4, 0.5) is 5.69 Å². The first-order chi connectivity index (χ1) is 10.3. The van der Waals surface area contributed by atoms with Crippen LogP contribution in [0.5, 0.6) is 11.5 Å². The van der Waals surface area contributed by atoms with Crippen molar-refractivity contribution in [1.82, 2.24) is 4.98 Å². The third kappa shape index (κ3) is 3.28. The zero-order chi connectivity index (χ0) is 14.7. The van der Waals surface area contributed by atoms with E-state index in [2.05, 4.69) is 34.6 Å². The quantitative estimate of drug-likeness (QED) is 0.740. The van der Waals surface area contributed by atoms with E-state index in [-0.39, 0.29) is 12.4 Å². The van der Waals surface area contributed by atoms with Gasteiger partial charge in [-0.25, -0.2) is 0 Å². The molecule has 2 aromatic carbocycles. The average Bonchev–Trinajstić information content (AvgIpc) is 3.00. The molecule has 0 aliphatic rings. The Hall–Kier alpha value is -2.33. The van der Waals surface area contributed by atoms with Crippen molar-refractivity contribution in [2.75, 3.05) is 19.5 Å². The zero-order valence-electron chi connectivity index (χ0n) is 12.6. The van der Waals surface area contributed by atoms with E-state index in [1.165, 1.54) is 10.9 Å². The molecule has 0 atom stereocenters. The molecule has 116 valence electrons. The minimum Gasteiger partial charge on any atom is -0.497 e. The van der Waals surface area contributed by atoms with Gasteiger partial charge in [0.05, 0.1) is 19.9 Å². The predicted octanol–water partition coefficient (Wildman–Crippen LogP) is 4.22. The van der Waals surface area contributed by atoms with Gasteiger partial charge in [0.1, 0.15) is 11.5 Å². The molecule has 3 rings (SSSR count). The van der Waals surface area contributed by atoms with Crippen LogP contribution < -0.4 is 14.8 Å². The maximum absolute atomic E-state index is 5.37. The summed E-state index contributed by atoms with van der Waals surface area (Å²) in [4.78, 5) is 3.20. The number of benzene rings is 2. The molecule has 0 radical (unpaired) electrons. The molecule has 0 unspecified atom stereocenters. The van der Waals surface area contributed by atoms with Crippen molar-refractivity contribution in [2.24, 2.45) is 0 Å². The molecule has 0 fully saturated rings. The number of aromatic nitrogens is 1. The van der Waals surface area contributed by atoms with E-state index in [4.69, 9.17) is 9.47 Å². The van der Waals surface area contributed by atoms with Crippen LogP contribution in [0.3, 0.4) is 0 Å². The number of hydrogen-bond donors (Lipinski definition) is 2. The Morgan fingerprint density at radius 3 is 2.64 bits per heavy atom. The molecule has 0 bridgehead atoms. The first kappa shape index (κ1) is 16.0. The molecule has 0 aliphatic heterocycles. The van der Waals surface area contributed by atoms with Gasteiger partial charge in [0, 0.05) is 24.3 Å². The highest BCUT2D eigenvalue weighted by atomic mass is 35.5. The van der Waals surface area contributed by atoms with Gasteiger partial charge in [-0.2, -0.15) is 0 Å². The molecule has 1 aromatic heterocycles. The highest BCUT2D eigenvalue weighted by Gasteiger charge is 2.05. The Kier molecular flexibility index (Phi) is 5.17. The number of H-pyrrole nitrogens is 1. The smallest absolute Gasteiger partial charge is 0.142 e. The number of fused-ring (bicyclic) bond motifs is 1. The van der Waals surface area contributed by atoms with Crippen LogP contribution >= 0.6 is 12.4 Å². The van der Waals surface area contributed by atoms with Crippen molar-refractivity contribution >= 4 is 29.0 Å². The monoisotopic (exact) mass is 318 g/mol. The summed E-state index contributed by atoms with van der Waals surface area (Å²) in [6.45, 7) is 0.727. The van der Waals surface area contributed by atoms with Crippen molar-refractivity contribution in [1.29, 1.82) is 0 Å². The van der Waals surface area contributed by atoms with Crippen LogP contribution in [-0.4, -0.2) is 19.2 Å². The number of ether oxygens (including phenoxy) is 2. The summed E-state index contributed by atoms with van der Waals surface area (Å²) >= 11 is 0. The SMILES string of the molecule is COc1ccc(OC)c(NCc2ccc3[nH]ccc3c2)c1.Cl. The minimum atomic E-state index is 0. The highest BCUT2D eigenvalue weighted by molar-refractivity contribution is 5.85. The van der Waals surface area contributed by atoms with Gasteiger partial charge in [0.15, 0.2) is 0 Å². The molecule has 0 saturated carbocycles. The summed E-state index contributed by atoms with van der Waals surface area (Å²) in [7, 11) is 3.32. The lowest BCUT2D eigenvalue weighted by Crippen LogP contribution is -2.01. The van der Waals surface area contributed by atoms with Crippen LogP contribution in [0.25, 0.3) is 10.9 Å². The lowest BCUT2D eigenvalue weighted by atomic mass is 10.1. The minimum absolute atomic E-state index is 0. The molecule has 0 aliphatic carbocycles. The van der Waals surface area contributed by atoms with E-state index >= 15 is 0 Å². The molecular formula is C17H19ClN2O2. The molecule has 4 nitrogen and oxygen atoms in total. The summed E-state index contributed by atoms with van der Waals surface area (Å²) in [5.74, 6) is 1.61. The standard InChI is InChI=1S/C17H18N2O2.ClH/c1-20-14-4-6-17(21-2)16(10-14)19-11-12-3-5-15-13(9-12)7-8-18-15;/h3-10,18-19H,11H2,1-2H3;1H. The van der Waals surface area contributed by atoms with E-state index < -0.39 is 0 Å². The van der Waals surface area contributed by atoms with Crippen LogP contribution in [0.2, 0.25) is 0 Å². The Bertz CT molecular complexity index is 755. The molecule has 1 heterocycles. The molecule has 3 aromatic rings. The molecule has 22 heavy (non-hydrogen) atoms. The van der Waals surface area contributed by atoms with E-state index in [1.54, 1.807) is 14.2 Å². The Morgan fingerprint density at radius 2 is 1.86 bits per heavy atom. The van der Waals surface area contributed by atoms with Crippen molar-refractivity contribution in [2.45, 2.75) is 6.54 Å². The van der Waals surface area contributed by atoms with E-state index in [1.807, 2.05) is 24.4 Å². The van der Waals surface area contributed by atoms with Gasteiger partial charge in [0.2, 0.25) is 0 Å². The van der Waals surface area contributed by atoms with E-state index in [0.717, 1.165) is 29.2 Å². The molecular weight excluding hydrogens is 300 g/mol. The van der Waals surface area contributed by atoms with Gasteiger partial charge in [-0.15, -0.1) is 12.4 Å². The fourth-order valence-corrected chi connectivity index (χ4v) is 2.36. The van der Waals surface area contributed by atoms with Crippen molar-refractivity contribution < 1.29 is 9.47 Å². The number of nitrogens with one attached hydrogen (secondary N) is 2. The van der Waals surface area contributed by atoms with Crippen LogP contribution in [-0.2, 0) is 6.54 Å². The fourth-order valence-electron chi connectivity index (χ4n) is 2.36. The number of anilines is 1. The van der Waals surface area contributed by atoms with Crippen LogP contribution in [0, 0.1) is 0 Å². The molecule has 2 N–H and O–H groups in total. The first-order valence-electron chi connectivity index (χ1n) is 6.82. The second-order valence-electron chi connectivity index (χ2n) is 4.82. The van der Waals surface area contributed by atoms with E-state index in [9.17, 15) is 0 Å². The fraction of sp³-hybridized carbons (Fsp3) is 0.176. The van der Waals surface area contributed by atoms with Gasteiger partial charge in [-0.05, 0) is 41.3 Å². The van der Waals surface area contributed by atoms with Crippen LogP contribution in [0.15, 0.2) is 48.7 Å². The second kappa shape index (κ2) is 7.09. The molecule has 0 spiro atoms. The topological polar surface area (TPSA) is 46.3 Å². The second-order valence-corrected chi connectivity index (χ2v) is 4.82. The van der Waals surface area contributed by atoms with Gasteiger partial charge >= 0.3 is 0 Å². The summed E-state index contributed by atoms with van der Waals surface area (Å²) in [5.41, 5.74) is 3.29. The molecule has 5 heteroatoms. The first-order valence-corrected chi connectivity index (χ1v) is 6.82. The lowest BCUT2D eigenvalue weighted by Gasteiger charge is -2.12. The Morgan fingerprint density at radius 1 is 1.00 bits per heavy atom.